The van der Waals surface area contributed by atoms with Crippen LogP contribution < -0.4 is 5.32 Å². The molecule has 0 saturated heterocycles. The number of aliphatic hydroxyl groups is 1. The molecule has 1 heterocycles. The third-order valence-electron chi connectivity index (χ3n) is 3.15. The van der Waals surface area contributed by atoms with Crippen LogP contribution in [0.15, 0.2) is 30.5 Å². The Morgan fingerprint density at radius 2 is 2.24 bits per heavy atom. The number of benzene rings is 1. The number of nitrogens with zero attached hydrogens (tertiary/aromatic N) is 1. The second-order valence-electron chi connectivity index (χ2n) is 5.67. The predicted molar refractivity (Wildman–Crippen MR) is 82.2 cm³/mol. The van der Waals surface area contributed by atoms with Crippen molar-refractivity contribution in [1.29, 1.82) is 0 Å². The highest BCUT2D eigenvalue weighted by molar-refractivity contribution is 6.30. The maximum Gasteiger partial charge on any atom is 0.255 e. The molecule has 0 spiro atoms. The zero-order chi connectivity index (χ0) is 15.5. The molecular formula is C15H18ClN3O2. The number of carbonyl (C=O) groups excluding carboxylic acids is 1. The molecule has 2 aromatic rings. The van der Waals surface area contributed by atoms with Crippen molar-refractivity contribution >= 4 is 17.5 Å². The van der Waals surface area contributed by atoms with Crippen LogP contribution in [-0.4, -0.2) is 34.4 Å². The first-order valence-electron chi connectivity index (χ1n) is 6.61. The molecule has 0 saturated carbocycles. The molecule has 1 aromatic carbocycles. The second kappa shape index (κ2) is 6.28. The number of hydrogen-bond donors (Lipinski definition) is 3. The lowest BCUT2D eigenvalue weighted by atomic mass is 9.95. The molecule has 21 heavy (non-hydrogen) atoms. The van der Waals surface area contributed by atoms with E-state index in [1.165, 1.54) is 6.20 Å². The molecule has 0 unspecified atom stereocenters. The normalized spacial score (nSPS) is 11.4. The summed E-state index contributed by atoms with van der Waals surface area (Å²) < 4.78 is 0. The van der Waals surface area contributed by atoms with E-state index in [1.54, 1.807) is 12.1 Å². The summed E-state index contributed by atoms with van der Waals surface area (Å²) in [4.78, 5) is 12.3. The molecule has 6 heteroatoms. The summed E-state index contributed by atoms with van der Waals surface area (Å²) in [5.74, 6) is -0.236. The van der Waals surface area contributed by atoms with Gasteiger partial charge in [-0.1, -0.05) is 37.6 Å². The molecule has 5 nitrogen and oxygen atoms in total. The van der Waals surface area contributed by atoms with Gasteiger partial charge in [0.05, 0.1) is 17.5 Å². The van der Waals surface area contributed by atoms with E-state index >= 15 is 0 Å². The predicted octanol–water partition coefficient (Wildman–Crippen LogP) is 2.48. The summed E-state index contributed by atoms with van der Waals surface area (Å²) in [6, 6.07) is 7.21. The molecule has 3 N–H and O–H groups in total. The summed E-state index contributed by atoms with van der Waals surface area (Å²) in [5.41, 5.74) is 1.50. The average Bonchev–Trinajstić information content (AvgIpc) is 2.94. The van der Waals surface area contributed by atoms with Crippen LogP contribution in [0.3, 0.4) is 0 Å². The van der Waals surface area contributed by atoms with Crippen molar-refractivity contribution in [2.45, 2.75) is 13.8 Å². The van der Waals surface area contributed by atoms with E-state index in [1.807, 2.05) is 26.0 Å². The fraction of sp³-hybridized carbons (Fsp3) is 0.333. The highest BCUT2D eigenvalue weighted by atomic mass is 35.5. The zero-order valence-electron chi connectivity index (χ0n) is 12.0. The summed E-state index contributed by atoms with van der Waals surface area (Å²) in [6.45, 7) is 4.13. The Morgan fingerprint density at radius 3 is 2.90 bits per heavy atom. The van der Waals surface area contributed by atoms with Gasteiger partial charge in [-0.3, -0.25) is 9.89 Å². The average molecular weight is 308 g/mol. The topological polar surface area (TPSA) is 78.0 Å². The number of aliphatic hydroxyl groups excluding tert-OH is 1. The minimum Gasteiger partial charge on any atom is -0.396 e. The van der Waals surface area contributed by atoms with Crippen LogP contribution >= 0.6 is 11.6 Å². The Bertz CT molecular complexity index is 637. The highest BCUT2D eigenvalue weighted by Gasteiger charge is 2.20. The van der Waals surface area contributed by atoms with Crippen LogP contribution in [0.2, 0.25) is 5.02 Å². The first-order chi connectivity index (χ1) is 9.93. The van der Waals surface area contributed by atoms with Gasteiger partial charge in [-0.25, -0.2) is 0 Å². The van der Waals surface area contributed by atoms with Crippen LogP contribution in [-0.2, 0) is 0 Å². The third-order valence-corrected chi connectivity index (χ3v) is 3.39. The van der Waals surface area contributed by atoms with Gasteiger partial charge in [-0.05, 0) is 12.1 Å². The lowest BCUT2D eigenvalue weighted by Crippen LogP contribution is -2.36. The number of rotatable bonds is 5. The molecule has 0 atom stereocenters. The molecule has 0 bridgehead atoms. The largest absolute Gasteiger partial charge is 0.396 e. The minimum atomic E-state index is -0.365. The van der Waals surface area contributed by atoms with Gasteiger partial charge in [0.25, 0.3) is 5.91 Å². The lowest BCUT2D eigenvalue weighted by molar-refractivity contribution is 0.0912. The van der Waals surface area contributed by atoms with Gasteiger partial charge in [0.15, 0.2) is 0 Å². The molecular weight excluding hydrogens is 290 g/mol. The number of halogens is 1. The van der Waals surface area contributed by atoms with Crippen molar-refractivity contribution in [3.8, 4) is 11.3 Å². The number of amides is 1. The van der Waals surface area contributed by atoms with Crippen molar-refractivity contribution in [2.75, 3.05) is 13.2 Å². The van der Waals surface area contributed by atoms with E-state index < -0.39 is 0 Å². The van der Waals surface area contributed by atoms with E-state index in [4.69, 9.17) is 11.6 Å². The van der Waals surface area contributed by atoms with Crippen molar-refractivity contribution < 1.29 is 9.90 Å². The molecule has 1 aromatic heterocycles. The van der Waals surface area contributed by atoms with E-state index in [9.17, 15) is 9.90 Å². The van der Waals surface area contributed by atoms with E-state index in [2.05, 4.69) is 15.5 Å². The van der Waals surface area contributed by atoms with Gasteiger partial charge < -0.3 is 10.4 Å². The van der Waals surface area contributed by atoms with Gasteiger partial charge in [0, 0.05) is 29.2 Å². The van der Waals surface area contributed by atoms with Gasteiger partial charge in [-0.2, -0.15) is 5.10 Å². The first kappa shape index (κ1) is 15.5. The van der Waals surface area contributed by atoms with Gasteiger partial charge in [0.1, 0.15) is 0 Å². The van der Waals surface area contributed by atoms with Crippen molar-refractivity contribution in [3.05, 3.63) is 41.0 Å². The van der Waals surface area contributed by atoms with Crippen LogP contribution in [0.4, 0.5) is 0 Å². The highest BCUT2D eigenvalue weighted by Crippen LogP contribution is 2.24. The maximum absolute atomic E-state index is 12.3. The fourth-order valence-electron chi connectivity index (χ4n) is 1.79. The molecule has 1 amide bonds. The molecule has 0 aliphatic heterocycles. The fourth-order valence-corrected chi connectivity index (χ4v) is 1.98. The van der Waals surface area contributed by atoms with E-state index in [0.29, 0.717) is 22.8 Å². The number of aromatic amines is 1. The molecule has 0 fully saturated rings. The number of hydrogen-bond acceptors (Lipinski definition) is 3. The second-order valence-corrected chi connectivity index (χ2v) is 6.11. The summed E-state index contributed by atoms with van der Waals surface area (Å²) in [7, 11) is 0. The molecule has 0 aliphatic rings. The van der Waals surface area contributed by atoms with Crippen LogP contribution in [0.5, 0.6) is 0 Å². The molecule has 0 aliphatic carbocycles. The number of carbonyl (C=O) groups is 1. The molecule has 112 valence electrons. The van der Waals surface area contributed by atoms with Crippen molar-refractivity contribution in [1.82, 2.24) is 15.5 Å². The summed E-state index contributed by atoms with van der Waals surface area (Å²) in [6.07, 6.45) is 1.48. The molecule has 2 rings (SSSR count). The Hall–Kier alpha value is -1.85. The maximum atomic E-state index is 12.3. The van der Waals surface area contributed by atoms with Crippen LogP contribution in [0, 0.1) is 5.41 Å². The Balaban J connectivity index is 2.19. The Morgan fingerprint density at radius 1 is 1.48 bits per heavy atom. The Kier molecular flexibility index (Phi) is 4.65. The smallest absolute Gasteiger partial charge is 0.255 e. The van der Waals surface area contributed by atoms with Crippen LogP contribution in [0.1, 0.15) is 24.2 Å². The van der Waals surface area contributed by atoms with Gasteiger partial charge in [0.2, 0.25) is 0 Å². The molecule has 0 radical (unpaired) electrons. The lowest BCUT2D eigenvalue weighted by Gasteiger charge is -2.21. The summed E-state index contributed by atoms with van der Waals surface area (Å²) >= 11 is 5.97. The monoisotopic (exact) mass is 307 g/mol. The van der Waals surface area contributed by atoms with Gasteiger partial charge in [-0.15, -0.1) is 0 Å². The standard InChI is InChI=1S/C15H18ClN3O2/c1-15(2,9-20)8-17-14(21)12-7-18-19-13(12)10-4-3-5-11(16)6-10/h3-7,20H,8-9H2,1-2H3,(H,17,21)(H,18,19). The third kappa shape index (κ3) is 3.83. The van der Waals surface area contributed by atoms with Crippen molar-refractivity contribution in [3.63, 3.8) is 0 Å². The SMILES string of the molecule is CC(C)(CO)CNC(=O)c1cn[nH]c1-c1cccc(Cl)c1. The Labute approximate surface area is 128 Å². The number of H-pyrrole nitrogens is 1. The number of nitrogens with one attached hydrogen (secondary N) is 2. The minimum absolute atomic E-state index is 0.000181. The van der Waals surface area contributed by atoms with Crippen molar-refractivity contribution in [2.24, 2.45) is 5.41 Å². The number of aromatic nitrogens is 2. The first-order valence-corrected chi connectivity index (χ1v) is 6.99. The van der Waals surface area contributed by atoms with Gasteiger partial charge >= 0.3 is 0 Å². The zero-order valence-corrected chi connectivity index (χ0v) is 12.7. The quantitative estimate of drug-likeness (QED) is 0.794. The summed E-state index contributed by atoms with van der Waals surface area (Å²) in [5, 5.41) is 19.4. The van der Waals surface area contributed by atoms with Crippen LogP contribution in [0.25, 0.3) is 11.3 Å². The van der Waals surface area contributed by atoms with E-state index in [-0.39, 0.29) is 17.9 Å². The van der Waals surface area contributed by atoms with E-state index in [0.717, 1.165) is 5.56 Å².